The Hall–Kier alpha value is -2.69. The highest BCUT2D eigenvalue weighted by Crippen LogP contribution is 2.36. The van der Waals surface area contributed by atoms with E-state index >= 15 is 0 Å². The first kappa shape index (κ1) is 15.7. The zero-order chi connectivity index (χ0) is 15.9. The molecule has 2 aromatic rings. The molecule has 0 heterocycles. The minimum Gasteiger partial charge on any atom is -0.497 e. The molecule has 2 rings (SSSR count). The van der Waals surface area contributed by atoms with Gasteiger partial charge in [-0.3, -0.25) is 4.79 Å². The number of ether oxygens (including phenoxy) is 4. The van der Waals surface area contributed by atoms with Gasteiger partial charge in [0.15, 0.2) is 23.9 Å². The maximum atomic E-state index is 12.2. The SMILES string of the molecule is COc1ccc(C(=O)COc2c(OC)cccc2OC)cc1. The number of methoxy groups -OCH3 is 3. The molecular weight excluding hydrogens is 284 g/mol. The summed E-state index contributed by atoms with van der Waals surface area (Å²) < 4.78 is 21.1. The Bertz CT molecular complexity index is 612. The Kier molecular flexibility index (Phi) is 5.25. The summed E-state index contributed by atoms with van der Waals surface area (Å²) in [5.74, 6) is 2.00. The van der Waals surface area contributed by atoms with Crippen LogP contribution in [-0.4, -0.2) is 33.7 Å². The maximum Gasteiger partial charge on any atom is 0.203 e. The quantitative estimate of drug-likeness (QED) is 0.736. The van der Waals surface area contributed by atoms with Gasteiger partial charge in [0.05, 0.1) is 21.3 Å². The number of benzene rings is 2. The highest BCUT2D eigenvalue weighted by Gasteiger charge is 2.14. The van der Waals surface area contributed by atoms with Crippen LogP contribution in [0.5, 0.6) is 23.0 Å². The van der Waals surface area contributed by atoms with Crippen molar-refractivity contribution >= 4 is 5.78 Å². The summed E-state index contributed by atoms with van der Waals surface area (Å²) in [6.45, 7) is -0.108. The van der Waals surface area contributed by atoms with Gasteiger partial charge in [-0.05, 0) is 36.4 Å². The molecule has 116 valence electrons. The van der Waals surface area contributed by atoms with E-state index in [9.17, 15) is 4.79 Å². The molecule has 0 aromatic heterocycles. The molecule has 0 saturated carbocycles. The minimum absolute atomic E-state index is 0.108. The lowest BCUT2D eigenvalue weighted by atomic mass is 10.1. The summed E-state index contributed by atoms with van der Waals surface area (Å²) in [5.41, 5.74) is 0.551. The third-order valence-corrected chi connectivity index (χ3v) is 3.14. The van der Waals surface area contributed by atoms with Gasteiger partial charge in [-0.2, -0.15) is 0 Å². The lowest BCUT2D eigenvalue weighted by Gasteiger charge is -2.13. The topological polar surface area (TPSA) is 54.0 Å². The minimum atomic E-state index is -0.143. The fourth-order valence-corrected chi connectivity index (χ4v) is 1.96. The zero-order valence-electron chi connectivity index (χ0n) is 12.8. The number of hydrogen-bond acceptors (Lipinski definition) is 5. The van der Waals surface area contributed by atoms with E-state index in [4.69, 9.17) is 18.9 Å². The number of para-hydroxylation sites is 1. The van der Waals surface area contributed by atoms with Crippen LogP contribution < -0.4 is 18.9 Å². The van der Waals surface area contributed by atoms with Gasteiger partial charge in [0.1, 0.15) is 5.75 Å². The molecule has 0 bridgehead atoms. The van der Waals surface area contributed by atoms with Crippen LogP contribution in [0.1, 0.15) is 10.4 Å². The average Bonchev–Trinajstić information content (AvgIpc) is 2.59. The van der Waals surface area contributed by atoms with Crippen LogP contribution in [0.25, 0.3) is 0 Å². The second kappa shape index (κ2) is 7.36. The molecule has 0 spiro atoms. The highest BCUT2D eigenvalue weighted by molar-refractivity contribution is 5.97. The van der Waals surface area contributed by atoms with Crippen molar-refractivity contribution in [2.75, 3.05) is 27.9 Å². The van der Waals surface area contributed by atoms with Gasteiger partial charge < -0.3 is 18.9 Å². The second-order valence-corrected chi connectivity index (χ2v) is 4.43. The largest absolute Gasteiger partial charge is 0.497 e. The Balaban J connectivity index is 2.10. The molecule has 0 radical (unpaired) electrons. The van der Waals surface area contributed by atoms with Gasteiger partial charge in [-0.25, -0.2) is 0 Å². The molecule has 0 aliphatic rings. The van der Waals surface area contributed by atoms with E-state index in [1.165, 1.54) is 14.2 Å². The number of carbonyl (C=O) groups is 1. The van der Waals surface area contributed by atoms with E-state index in [0.29, 0.717) is 28.6 Å². The summed E-state index contributed by atoms with van der Waals surface area (Å²) >= 11 is 0. The Labute approximate surface area is 129 Å². The van der Waals surface area contributed by atoms with Crippen molar-refractivity contribution in [2.45, 2.75) is 0 Å². The summed E-state index contributed by atoms with van der Waals surface area (Å²) in [6.07, 6.45) is 0. The molecule has 0 aliphatic heterocycles. The van der Waals surface area contributed by atoms with Crippen molar-refractivity contribution in [3.8, 4) is 23.0 Å². The van der Waals surface area contributed by atoms with E-state index in [-0.39, 0.29) is 12.4 Å². The van der Waals surface area contributed by atoms with Crippen molar-refractivity contribution in [1.82, 2.24) is 0 Å². The number of carbonyl (C=O) groups excluding carboxylic acids is 1. The third kappa shape index (κ3) is 3.49. The summed E-state index contributed by atoms with van der Waals surface area (Å²) in [5, 5.41) is 0. The summed E-state index contributed by atoms with van der Waals surface area (Å²) in [6, 6.07) is 12.1. The van der Waals surface area contributed by atoms with E-state index < -0.39 is 0 Å². The summed E-state index contributed by atoms with van der Waals surface area (Å²) in [7, 11) is 4.65. The standard InChI is InChI=1S/C17H18O5/c1-19-13-9-7-12(8-10-13)14(18)11-22-17-15(20-2)5-4-6-16(17)21-3/h4-10H,11H2,1-3H3. The summed E-state index contributed by atoms with van der Waals surface area (Å²) in [4.78, 5) is 12.2. The molecule has 22 heavy (non-hydrogen) atoms. The van der Waals surface area contributed by atoms with Crippen molar-refractivity contribution in [3.05, 3.63) is 48.0 Å². The average molecular weight is 302 g/mol. The monoisotopic (exact) mass is 302 g/mol. The maximum absolute atomic E-state index is 12.2. The van der Waals surface area contributed by atoms with E-state index in [0.717, 1.165) is 0 Å². The lowest BCUT2D eigenvalue weighted by molar-refractivity contribution is 0.0917. The lowest BCUT2D eigenvalue weighted by Crippen LogP contribution is -2.12. The zero-order valence-corrected chi connectivity index (χ0v) is 12.8. The molecule has 0 amide bonds. The fourth-order valence-electron chi connectivity index (χ4n) is 1.96. The van der Waals surface area contributed by atoms with Crippen LogP contribution in [0.4, 0.5) is 0 Å². The van der Waals surface area contributed by atoms with Crippen LogP contribution >= 0.6 is 0 Å². The van der Waals surface area contributed by atoms with Crippen molar-refractivity contribution in [2.24, 2.45) is 0 Å². The highest BCUT2D eigenvalue weighted by atomic mass is 16.5. The van der Waals surface area contributed by atoms with Crippen LogP contribution in [0.2, 0.25) is 0 Å². The van der Waals surface area contributed by atoms with Gasteiger partial charge in [0.25, 0.3) is 0 Å². The van der Waals surface area contributed by atoms with Gasteiger partial charge in [-0.15, -0.1) is 0 Å². The van der Waals surface area contributed by atoms with E-state index in [1.54, 1.807) is 49.6 Å². The van der Waals surface area contributed by atoms with Crippen LogP contribution in [-0.2, 0) is 0 Å². The normalized spacial score (nSPS) is 9.95. The Morgan fingerprint density at radius 3 is 1.95 bits per heavy atom. The fraction of sp³-hybridized carbons (Fsp3) is 0.235. The van der Waals surface area contributed by atoms with Gasteiger partial charge in [0.2, 0.25) is 5.75 Å². The molecule has 0 atom stereocenters. The molecule has 0 unspecified atom stereocenters. The van der Waals surface area contributed by atoms with Gasteiger partial charge in [-0.1, -0.05) is 6.07 Å². The van der Waals surface area contributed by atoms with Gasteiger partial charge in [0, 0.05) is 5.56 Å². The van der Waals surface area contributed by atoms with Crippen LogP contribution in [0, 0.1) is 0 Å². The predicted octanol–water partition coefficient (Wildman–Crippen LogP) is 2.97. The number of Topliss-reactive ketones (excluding diaryl/α,β-unsaturated/α-hetero) is 1. The smallest absolute Gasteiger partial charge is 0.203 e. The van der Waals surface area contributed by atoms with Crippen molar-refractivity contribution in [3.63, 3.8) is 0 Å². The van der Waals surface area contributed by atoms with Crippen LogP contribution in [0.3, 0.4) is 0 Å². The first-order valence-electron chi connectivity index (χ1n) is 6.70. The van der Waals surface area contributed by atoms with Crippen molar-refractivity contribution in [1.29, 1.82) is 0 Å². The van der Waals surface area contributed by atoms with E-state index in [2.05, 4.69) is 0 Å². The second-order valence-electron chi connectivity index (χ2n) is 4.43. The predicted molar refractivity (Wildman–Crippen MR) is 82.4 cm³/mol. The molecule has 5 heteroatoms. The molecule has 0 fully saturated rings. The number of rotatable bonds is 7. The first-order chi connectivity index (χ1) is 10.7. The van der Waals surface area contributed by atoms with Crippen molar-refractivity contribution < 1.29 is 23.7 Å². The first-order valence-corrected chi connectivity index (χ1v) is 6.70. The third-order valence-electron chi connectivity index (χ3n) is 3.14. The molecule has 2 aromatic carbocycles. The Morgan fingerprint density at radius 2 is 1.45 bits per heavy atom. The van der Waals surface area contributed by atoms with E-state index in [1.807, 2.05) is 0 Å². The molecule has 0 aliphatic carbocycles. The molecule has 0 N–H and O–H groups in total. The van der Waals surface area contributed by atoms with Crippen LogP contribution in [0.15, 0.2) is 42.5 Å². The molecule has 5 nitrogen and oxygen atoms in total. The van der Waals surface area contributed by atoms with Gasteiger partial charge >= 0.3 is 0 Å². The number of hydrogen-bond donors (Lipinski definition) is 0. The molecular formula is C17H18O5. The Morgan fingerprint density at radius 1 is 0.864 bits per heavy atom. The number of ketones is 1. The molecule has 0 saturated heterocycles.